The second kappa shape index (κ2) is 4.57. The molecule has 0 radical (unpaired) electrons. The fourth-order valence-electron chi connectivity index (χ4n) is 1.77. The number of benzene rings is 1. The molecule has 4 nitrogen and oxygen atoms in total. The average Bonchev–Trinajstić information content (AvgIpc) is 3.09. The summed E-state index contributed by atoms with van der Waals surface area (Å²) in [4.78, 5) is 24.6. The SMILES string of the molecule is CCOC(=O)C1CN1c1cccc(C(C)=O)c1. The molecule has 2 rings (SSSR count). The van der Waals surface area contributed by atoms with Gasteiger partial charge >= 0.3 is 5.97 Å². The normalized spacial score (nSPS) is 17.8. The molecule has 90 valence electrons. The van der Waals surface area contributed by atoms with Crippen molar-refractivity contribution in [2.24, 2.45) is 0 Å². The third-order valence-electron chi connectivity index (χ3n) is 2.76. The third kappa shape index (κ3) is 2.46. The van der Waals surface area contributed by atoms with Crippen molar-refractivity contribution in [2.75, 3.05) is 18.1 Å². The number of ketones is 1. The van der Waals surface area contributed by atoms with Gasteiger partial charge in [0.05, 0.1) is 13.2 Å². The van der Waals surface area contributed by atoms with Gasteiger partial charge in [0.25, 0.3) is 0 Å². The Bertz CT molecular complexity index is 456. The minimum absolute atomic E-state index is 0.0291. The number of esters is 1. The van der Waals surface area contributed by atoms with E-state index in [4.69, 9.17) is 4.74 Å². The molecule has 1 aliphatic rings. The van der Waals surface area contributed by atoms with Crippen LogP contribution in [0.2, 0.25) is 0 Å². The van der Waals surface area contributed by atoms with Crippen molar-refractivity contribution in [1.29, 1.82) is 0 Å². The molecule has 1 aliphatic heterocycles. The minimum atomic E-state index is -0.194. The molecule has 1 aromatic rings. The smallest absolute Gasteiger partial charge is 0.330 e. The van der Waals surface area contributed by atoms with Gasteiger partial charge in [-0.2, -0.15) is 0 Å². The third-order valence-corrected chi connectivity index (χ3v) is 2.76. The lowest BCUT2D eigenvalue weighted by Crippen LogP contribution is -2.15. The number of rotatable bonds is 4. The molecule has 0 bridgehead atoms. The van der Waals surface area contributed by atoms with E-state index in [1.165, 1.54) is 6.92 Å². The molecular weight excluding hydrogens is 218 g/mol. The molecule has 1 unspecified atom stereocenters. The Morgan fingerprint density at radius 3 is 2.88 bits per heavy atom. The largest absolute Gasteiger partial charge is 0.464 e. The van der Waals surface area contributed by atoms with Crippen LogP contribution >= 0.6 is 0 Å². The fraction of sp³-hybridized carbons (Fsp3) is 0.385. The summed E-state index contributed by atoms with van der Waals surface area (Å²) in [6, 6.07) is 7.12. The van der Waals surface area contributed by atoms with Crippen LogP contribution < -0.4 is 4.90 Å². The molecule has 0 amide bonds. The van der Waals surface area contributed by atoms with Crippen molar-refractivity contribution in [3.63, 3.8) is 0 Å². The van der Waals surface area contributed by atoms with Crippen molar-refractivity contribution in [3.05, 3.63) is 29.8 Å². The van der Waals surface area contributed by atoms with Gasteiger partial charge in [-0.1, -0.05) is 12.1 Å². The van der Waals surface area contributed by atoms with Crippen LogP contribution in [0, 0.1) is 0 Å². The Labute approximate surface area is 100 Å². The minimum Gasteiger partial charge on any atom is -0.464 e. The first-order valence-corrected chi connectivity index (χ1v) is 5.67. The summed E-state index contributed by atoms with van der Waals surface area (Å²) in [7, 11) is 0. The predicted molar refractivity (Wildman–Crippen MR) is 64.2 cm³/mol. The zero-order valence-electron chi connectivity index (χ0n) is 9.97. The number of hydrogen-bond acceptors (Lipinski definition) is 4. The monoisotopic (exact) mass is 233 g/mol. The molecule has 1 aromatic carbocycles. The van der Waals surface area contributed by atoms with Gasteiger partial charge in [0.2, 0.25) is 0 Å². The molecule has 1 fully saturated rings. The Morgan fingerprint density at radius 2 is 2.24 bits per heavy atom. The van der Waals surface area contributed by atoms with Crippen LogP contribution in [0.3, 0.4) is 0 Å². The summed E-state index contributed by atoms with van der Waals surface area (Å²) < 4.78 is 4.95. The summed E-state index contributed by atoms with van der Waals surface area (Å²) in [5.41, 5.74) is 1.56. The van der Waals surface area contributed by atoms with Crippen LogP contribution in [0.15, 0.2) is 24.3 Å². The van der Waals surface area contributed by atoms with Gasteiger partial charge in [-0.15, -0.1) is 0 Å². The van der Waals surface area contributed by atoms with Crippen molar-refractivity contribution in [2.45, 2.75) is 19.9 Å². The van der Waals surface area contributed by atoms with Crippen molar-refractivity contribution < 1.29 is 14.3 Å². The highest BCUT2D eigenvalue weighted by Gasteiger charge is 2.41. The zero-order valence-corrected chi connectivity index (χ0v) is 9.97. The molecule has 1 saturated heterocycles. The van der Waals surface area contributed by atoms with Crippen LogP contribution in [-0.4, -0.2) is 30.9 Å². The number of hydrogen-bond donors (Lipinski definition) is 0. The number of carbonyl (C=O) groups excluding carboxylic acids is 2. The van der Waals surface area contributed by atoms with Gasteiger partial charge < -0.3 is 9.64 Å². The van der Waals surface area contributed by atoms with Gasteiger partial charge in [-0.25, -0.2) is 4.79 Å². The first-order chi connectivity index (χ1) is 8.13. The molecule has 17 heavy (non-hydrogen) atoms. The molecule has 0 aliphatic carbocycles. The zero-order chi connectivity index (χ0) is 12.4. The molecule has 0 N–H and O–H groups in total. The summed E-state index contributed by atoms with van der Waals surface area (Å²) in [6.07, 6.45) is 0. The number of anilines is 1. The van der Waals surface area contributed by atoms with Gasteiger partial charge in [-0.05, 0) is 26.0 Å². The highest BCUT2D eigenvalue weighted by atomic mass is 16.5. The number of carbonyl (C=O) groups is 2. The van der Waals surface area contributed by atoms with Gasteiger partial charge in [0.1, 0.15) is 6.04 Å². The van der Waals surface area contributed by atoms with Crippen LogP contribution in [0.4, 0.5) is 5.69 Å². The van der Waals surface area contributed by atoms with E-state index in [9.17, 15) is 9.59 Å². The topological polar surface area (TPSA) is 46.4 Å². The first-order valence-electron chi connectivity index (χ1n) is 5.67. The quantitative estimate of drug-likeness (QED) is 0.450. The Hall–Kier alpha value is -1.84. The lowest BCUT2D eigenvalue weighted by Gasteiger charge is -2.06. The standard InChI is InChI=1S/C13H15NO3/c1-3-17-13(16)12-8-14(12)11-6-4-5-10(7-11)9(2)15/h4-7,12H,3,8H2,1-2H3. The van der Waals surface area contributed by atoms with E-state index in [1.54, 1.807) is 13.0 Å². The maximum atomic E-state index is 11.5. The second-order valence-corrected chi connectivity index (χ2v) is 4.03. The van der Waals surface area contributed by atoms with Gasteiger partial charge in [0.15, 0.2) is 5.78 Å². The molecule has 0 spiro atoms. The van der Waals surface area contributed by atoms with Crippen molar-refractivity contribution in [1.82, 2.24) is 0 Å². The summed E-state index contributed by atoms with van der Waals surface area (Å²) >= 11 is 0. The van der Waals surface area contributed by atoms with Crippen molar-refractivity contribution >= 4 is 17.4 Å². The van der Waals surface area contributed by atoms with Crippen molar-refractivity contribution in [3.8, 4) is 0 Å². The molecular formula is C13H15NO3. The molecule has 4 heteroatoms. The molecule has 0 aromatic heterocycles. The van der Waals surface area contributed by atoms with E-state index in [0.717, 1.165) is 5.69 Å². The fourth-order valence-corrected chi connectivity index (χ4v) is 1.77. The van der Waals surface area contributed by atoms with E-state index < -0.39 is 0 Å². The molecule has 0 saturated carbocycles. The van der Waals surface area contributed by atoms with Gasteiger partial charge in [0, 0.05) is 11.3 Å². The molecule has 1 atom stereocenters. The lowest BCUT2D eigenvalue weighted by atomic mass is 10.1. The summed E-state index contributed by atoms with van der Waals surface area (Å²) in [5.74, 6) is -0.165. The predicted octanol–water partition coefficient (Wildman–Crippen LogP) is 1.64. The Kier molecular flexibility index (Phi) is 3.13. The van der Waals surface area contributed by atoms with Crippen LogP contribution in [0.1, 0.15) is 24.2 Å². The maximum absolute atomic E-state index is 11.5. The van der Waals surface area contributed by atoms with Crippen LogP contribution in [0.5, 0.6) is 0 Å². The Morgan fingerprint density at radius 1 is 1.47 bits per heavy atom. The van der Waals surface area contributed by atoms with E-state index in [-0.39, 0.29) is 17.8 Å². The number of nitrogens with zero attached hydrogens (tertiary/aromatic N) is 1. The lowest BCUT2D eigenvalue weighted by molar-refractivity contribution is -0.142. The van der Waals surface area contributed by atoms with Crippen LogP contribution in [0.25, 0.3) is 0 Å². The summed E-state index contributed by atoms with van der Waals surface area (Å²) in [5, 5.41) is 0. The number of Topliss-reactive ketones (excluding diaryl/α,β-unsaturated/α-hetero) is 1. The van der Waals surface area contributed by atoms with E-state index in [0.29, 0.717) is 18.7 Å². The van der Waals surface area contributed by atoms with Crippen LogP contribution in [-0.2, 0) is 9.53 Å². The average molecular weight is 233 g/mol. The molecule has 1 heterocycles. The van der Waals surface area contributed by atoms with E-state index >= 15 is 0 Å². The summed E-state index contributed by atoms with van der Waals surface area (Å²) in [6.45, 7) is 4.39. The highest BCUT2D eigenvalue weighted by molar-refractivity contribution is 5.95. The highest BCUT2D eigenvalue weighted by Crippen LogP contribution is 2.29. The second-order valence-electron chi connectivity index (χ2n) is 4.03. The van der Waals surface area contributed by atoms with Gasteiger partial charge in [-0.3, -0.25) is 4.79 Å². The number of ether oxygens (including phenoxy) is 1. The van der Waals surface area contributed by atoms with E-state index in [1.807, 2.05) is 23.1 Å². The van der Waals surface area contributed by atoms with E-state index in [2.05, 4.69) is 0 Å². The maximum Gasteiger partial charge on any atom is 0.330 e. The Balaban J connectivity index is 2.08. The first kappa shape index (κ1) is 11.6.